The molecule has 4 rings (SSSR count). The molecule has 1 N–H and O–H groups in total. The minimum Gasteiger partial charge on any atom is -0.351 e. The molecule has 0 fully saturated rings. The van der Waals surface area contributed by atoms with Crippen LogP contribution in [-0.4, -0.2) is 27.0 Å². The van der Waals surface area contributed by atoms with Crippen LogP contribution in [0.2, 0.25) is 0 Å². The SMILES string of the molecule is Cc1nc2cccnc2n1-c1ccc(C(=O)NC[C@H](C)c2ccccc2)cc1. The van der Waals surface area contributed by atoms with Gasteiger partial charge in [-0.2, -0.15) is 0 Å². The summed E-state index contributed by atoms with van der Waals surface area (Å²) in [6.07, 6.45) is 1.76. The molecule has 0 aliphatic rings. The highest BCUT2D eigenvalue weighted by atomic mass is 16.1. The third-order valence-corrected chi connectivity index (χ3v) is 4.91. The van der Waals surface area contributed by atoms with Gasteiger partial charge in [-0.15, -0.1) is 0 Å². The van der Waals surface area contributed by atoms with Gasteiger partial charge >= 0.3 is 0 Å². The molecule has 0 aliphatic heterocycles. The van der Waals surface area contributed by atoms with E-state index in [0.717, 1.165) is 22.7 Å². The lowest BCUT2D eigenvalue weighted by atomic mass is 10.0. The zero-order chi connectivity index (χ0) is 19.5. The number of hydrogen-bond donors (Lipinski definition) is 1. The van der Waals surface area contributed by atoms with E-state index in [9.17, 15) is 4.79 Å². The third-order valence-electron chi connectivity index (χ3n) is 4.91. The van der Waals surface area contributed by atoms with Crippen molar-refractivity contribution >= 4 is 17.1 Å². The molecule has 5 nitrogen and oxygen atoms in total. The van der Waals surface area contributed by atoms with Crippen LogP contribution in [-0.2, 0) is 0 Å². The minimum absolute atomic E-state index is 0.0698. The van der Waals surface area contributed by atoms with Crippen LogP contribution in [0.1, 0.15) is 34.6 Å². The number of benzene rings is 2. The predicted molar refractivity (Wildman–Crippen MR) is 111 cm³/mol. The number of nitrogens with one attached hydrogen (secondary N) is 1. The molecule has 0 saturated heterocycles. The summed E-state index contributed by atoms with van der Waals surface area (Å²) in [5, 5.41) is 3.02. The van der Waals surface area contributed by atoms with E-state index >= 15 is 0 Å². The molecule has 140 valence electrons. The van der Waals surface area contributed by atoms with E-state index in [-0.39, 0.29) is 11.8 Å². The molecule has 0 radical (unpaired) electrons. The Bertz CT molecular complexity index is 1100. The maximum Gasteiger partial charge on any atom is 0.251 e. The number of aromatic nitrogens is 3. The average Bonchev–Trinajstić information content (AvgIpc) is 3.08. The molecule has 0 saturated carbocycles. The Morgan fingerprint density at radius 2 is 1.79 bits per heavy atom. The first-order valence-corrected chi connectivity index (χ1v) is 9.37. The Balaban J connectivity index is 1.48. The Kier molecular flexibility index (Phi) is 4.89. The van der Waals surface area contributed by atoms with Crippen LogP contribution >= 0.6 is 0 Å². The number of fused-ring (bicyclic) bond motifs is 1. The predicted octanol–water partition coefficient (Wildman–Crippen LogP) is 4.26. The fourth-order valence-corrected chi connectivity index (χ4v) is 3.34. The Morgan fingerprint density at radius 3 is 2.54 bits per heavy atom. The second kappa shape index (κ2) is 7.64. The van der Waals surface area contributed by atoms with E-state index in [4.69, 9.17) is 0 Å². The highest BCUT2D eigenvalue weighted by Crippen LogP contribution is 2.20. The zero-order valence-electron chi connectivity index (χ0n) is 16.0. The van der Waals surface area contributed by atoms with Crippen molar-refractivity contribution < 1.29 is 4.79 Å². The number of amides is 1. The first-order chi connectivity index (χ1) is 13.6. The van der Waals surface area contributed by atoms with Crippen LogP contribution in [0.15, 0.2) is 72.9 Å². The molecule has 28 heavy (non-hydrogen) atoms. The smallest absolute Gasteiger partial charge is 0.251 e. The minimum atomic E-state index is -0.0698. The van der Waals surface area contributed by atoms with Gasteiger partial charge in [0.25, 0.3) is 5.91 Å². The largest absolute Gasteiger partial charge is 0.351 e. The van der Waals surface area contributed by atoms with Gasteiger partial charge in [-0.25, -0.2) is 9.97 Å². The Hall–Kier alpha value is -3.47. The number of aryl methyl sites for hydroxylation is 1. The van der Waals surface area contributed by atoms with Crippen molar-refractivity contribution in [1.82, 2.24) is 19.9 Å². The Morgan fingerprint density at radius 1 is 1.04 bits per heavy atom. The lowest BCUT2D eigenvalue weighted by molar-refractivity contribution is 0.0951. The number of carbonyl (C=O) groups excluding carboxylic acids is 1. The summed E-state index contributed by atoms with van der Waals surface area (Å²) < 4.78 is 1.99. The summed E-state index contributed by atoms with van der Waals surface area (Å²) >= 11 is 0. The normalized spacial score (nSPS) is 12.1. The maximum absolute atomic E-state index is 12.5. The summed E-state index contributed by atoms with van der Waals surface area (Å²) in [5.41, 5.74) is 4.46. The van der Waals surface area contributed by atoms with E-state index in [1.165, 1.54) is 5.56 Å². The quantitative estimate of drug-likeness (QED) is 0.571. The van der Waals surface area contributed by atoms with Crippen molar-refractivity contribution in [3.8, 4) is 5.69 Å². The first kappa shape index (κ1) is 17.9. The van der Waals surface area contributed by atoms with Gasteiger partial charge in [0.2, 0.25) is 0 Å². The molecule has 0 bridgehead atoms. The monoisotopic (exact) mass is 370 g/mol. The van der Waals surface area contributed by atoms with Crippen molar-refractivity contribution in [1.29, 1.82) is 0 Å². The number of carbonyl (C=O) groups is 1. The first-order valence-electron chi connectivity index (χ1n) is 9.37. The van der Waals surface area contributed by atoms with Gasteiger partial charge in [-0.3, -0.25) is 9.36 Å². The lowest BCUT2D eigenvalue weighted by Crippen LogP contribution is -2.27. The molecular formula is C23H22N4O. The van der Waals surface area contributed by atoms with Gasteiger partial charge in [-0.05, 0) is 54.8 Å². The summed E-state index contributed by atoms with van der Waals surface area (Å²) in [4.78, 5) is 21.5. The van der Waals surface area contributed by atoms with Crippen LogP contribution in [0.5, 0.6) is 0 Å². The number of rotatable bonds is 5. The summed E-state index contributed by atoms with van der Waals surface area (Å²) in [5.74, 6) is 1.05. The van der Waals surface area contributed by atoms with Crippen LogP contribution in [0.4, 0.5) is 0 Å². The standard InChI is InChI=1S/C23H22N4O/c1-16(18-7-4-3-5-8-18)15-25-23(28)19-10-12-20(13-11-19)27-17(2)26-21-9-6-14-24-22(21)27/h3-14,16H,15H2,1-2H3,(H,25,28)/t16-/m0/s1. The van der Waals surface area contributed by atoms with Crippen molar-refractivity contribution in [3.05, 3.63) is 89.9 Å². The number of pyridine rings is 1. The van der Waals surface area contributed by atoms with E-state index in [1.807, 2.05) is 66.1 Å². The second-order valence-electron chi connectivity index (χ2n) is 6.91. The molecule has 2 aromatic heterocycles. The van der Waals surface area contributed by atoms with E-state index in [2.05, 4.69) is 34.3 Å². The molecule has 0 spiro atoms. The van der Waals surface area contributed by atoms with Gasteiger partial charge in [0.05, 0.1) is 0 Å². The van der Waals surface area contributed by atoms with Crippen LogP contribution in [0.25, 0.3) is 16.9 Å². The summed E-state index contributed by atoms with van der Waals surface area (Å²) in [7, 11) is 0. The van der Waals surface area contributed by atoms with Crippen LogP contribution < -0.4 is 5.32 Å². The van der Waals surface area contributed by atoms with Crippen LogP contribution in [0.3, 0.4) is 0 Å². The number of imidazole rings is 1. The molecule has 1 atom stereocenters. The maximum atomic E-state index is 12.5. The zero-order valence-corrected chi connectivity index (χ0v) is 16.0. The van der Waals surface area contributed by atoms with Gasteiger partial charge in [0, 0.05) is 24.0 Å². The fourth-order valence-electron chi connectivity index (χ4n) is 3.34. The molecule has 0 aliphatic carbocycles. The molecule has 0 unspecified atom stereocenters. The number of hydrogen-bond acceptors (Lipinski definition) is 3. The second-order valence-corrected chi connectivity index (χ2v) is 6.91. The van der Waals surface area contributed by atoms with Crippen molar-refractivity contribution in [2.24, 2.45) is 0 Å². The highest BCUT2D eigenvalue weighted by molar-refractivity contribution is 5.94. The molecule has 1 amide bonds. The van der Waals surface area contributed by atoms with Gasteiger partial charge in [-0.1, -0.05) is 37.3 Å². The third kappa shape index (κ3) is 3.51. The fraction of sp³-hybridized carbons (Fsp3) is 0.174. The van der Waals surface area contributed by atoms with E-state index < -0.39 is 0 Å². The summed E-state index contributed by atoms with van der Waals surface area (Å²) in [6.45, 7) is 4.66. The van der Waals surface area contributed by atoms with E-state index in [0.29, 0.717) is 12.1 Å². The summed E-state index contributed by atoms with van der Waals surface area (Å²) in [6, 6.07) is 21.6. The average molecular weight is 370 g/mol. The van der Waals surface area contributed by atoms with E-state index in [1.54, 1.807) is 6.20 Å². The molecule has 2 aromatic carbocycles. The van der Waals surface area contributed by atoms with Gasteiger partial charge in [0.1, 0.15) is 11.3 Å². The van der Waals surface area contributed by atoms with Gasteiger partial charge in [0.15, 0.2) is 5.65 Å². The Labute approximate surface area is 164 Å². The van der Waals surface area contributed by atoms with Crippen molar-refractivity contribution in [3.63, 3.8) is 0 Å². The van der Waals surface area contributed by atoms with Crippen LogP contribution in [0, 0.1) is 6.92 Å². The van der Waals surface area contributed by atoms with Crippen molar-refractivity contribution in [2.75, 3.05) is 6.54 Å². The number of nitrogens with zero attached hydrogens (tertiary/aromatic N) is 3. The highest BCUT2D eigenvalue weighted by Gasteiger charge is 2.12. The topological polar surface area (TPSA) is 59.8 Å². The molecule has 5 heteroatoms. The van der Waals surface area contributed by atoms with Crippen molar-refractivity contribution in [2.45, 2.75) is 19.8 Å². The van der Waals surface area contributed by atoms with Gasteiger partial charge < -0.3 is 5.32 Å². The lowest BCUT2D eigenvalue weighted by Gasteiger charge is -2.13. The molecule has 2 heterocycles. The molecule has 4 aromatic rings. The molecular weight excluding hydrogens is 348 g/mol.